The molecule has 0 spiro atoms. The first-order valence-electron chi connectivity index (χ1n) is 6.00. The Hall–Kier alpha value is -1.07. The molecule has 0 bridgehead atoms. The lowest BCUT2D eigenvalue weighted by molar-refractivity contribution is -0.121. The summed E-state index contributed by atoms with van der Waals surface area (Å²) in [6.07, 6.45) is 0.937. The molecule has 1 aliphatic rings. The highest BCUT2D eigenvalue weighted by Crippen LogP contribution is 2.26. The number of thioether (sulfide) groups is 1. The zero-order valence-electron chi connectivity index (χ0n) is 9.93. The largest absolute Gasteiger partial charge is 0.386 e. The van der Waals surface area contributed by atoms with Crippen LogP contribution in [-0.4, -0.2) is 28.6 Å². The van der Waals surface area contributed by atoms with Gasteiger partial charge >= 0.3 is 0 Å². The molecule has 1 aliphatic heterocycles. The first kappa shape index (κ1) is 13.4. The lowest BCUT2D eigenvalue weighted by Crippen LogP contribution is -2.34. The first-order chi connectivity index (χ1) is 8.68. The SMILES string of the molecule is O=C(NCC(O)c1ccccc1F)C1CCCS1. The molecule has 1 saturated heterocycles. The molecular formula is C13H16FNO2S. The molecule has 2 atom stereocenters. The average Bonchev–Trinajstić information content (AvgIpc) is 2.90. The van der Waals surface area contributed by atoms with E-state index < -0.39 is 11.9 Å². The van der Waals surface area contributed by atoms with Crippen LogP contribution in [0.3, 0.4) is 0 Å². The number of aliphatic hydroxyl groups excluding tert-OH is 1. The predicted molar refractivity (Wildman–Crippen MR) is 69.8 cm³/mol. The lowest BCUT2D eigenvalue weighted by Gasteiger charge is -2.15. The van der Waals surface area contributed by atoms with E-state index in [1.165, 1.54) is 12.1 Å². The van der Waals surface area contributed by atoms with E-state index in [0.29, 0.717) is 0 Å². The minimum absolute atomic E-state index is 0.0159. The lowest BCUT2D eigenvalue weighted by atomic mass is 10.1. The van der Waals surface area contributed by atoms with Gasteiger partial charge in [0.25, 0.3) is 0 Å². The highest BCUT2D eigenvalue weighted by molar-refractivity contribution is 8.00. The van der Waals surface area contributed by atoms with Gasteiger partial charge in [-0.1, -0.05) is 18.2 Å². The maximum absolute atomic E-state index is 13.4. The number of rotatable bonds is 4. The number of nitrogens with one attached hydrogen (secondary N) is 1. The average molecular weight is 269 g/mol. The Morgan fingerprint density at radius 3 is 3.00 bits per heavy atom. The zero-order valence-corrected chi connectivity index (χ0v) is 10.8. The van der Waals surface area contributed by atoms with Crippen LogP contribution in [0.4, 0.5) is 4.39 Å². The number of hydrogen-bond acceptors (Lipinski definition) is 3. The summed E-state index contributed by atoms with van der Waals surface area (Å²) in [5.74, 6) is 0.496. The summed E-state index contributed by atoms with van der Waals surface area (Å²) in [6.45, 7) is 0.0524. The van der Waals surface area contributed by atoms with Gasteiger partial charge in [0.2, 0.25) is 5.91 Å². The second-order valence-corrected chi connectivity index (χ2v) is 5.59. The maximum Gasteiger partial charge on any atom is 0.233 e. The molecule has 0 radical (unpaired) electrons. The summed E-state index contributed by atoms with van der Waals surface area (Å²) in [5, 5.41) is 12.5. The molecule has 3 nitrogen and oxygen atoms in total. The van der Waals surface area contributed by atoms with E-state index in [0.717, 1.165) is 18.6 Å². The predicted octanol–water partition coefficient (Wildman–Crippen LogP) is 1.87. The molecule has 1 aromatic carbocycles. The number of benzene rings is 1. The van der Waals surface area contributed by atoms with Gasteiger partial charge in [-0.15, -0.1) is 11.8 Å². The highest BCUT2D eigenvalue weighted by atomic mass is 32.2. The number of amides is 1. The topological polar surface area (TPSA) is 49.3 Å². The van der Waals surface area contributed by atoms with Crippen molar-refractivity contribution < 1.29 is 14.3 Å². The Bertz CT molecular complexity index is 421. The van der Waals surface area contributed by atoms with Crippen molar-refractivity contribution in [2.75, 3.05) is 12.3 Å². The van der Waals surface area contributed by atoms with E-state index in [2.05, 4.69) is 5.32 Å². The monoisotopic (exact) mass is 269 g/mol. The molecule has 1 heterocycles. The number of aliphatic hydroxyl groups is 1. The van der Waals surface area contributed by atoms with Gasteiger partial charge in [-0.05, 0) is 24.7 Å². The molecule has 0 aliphatic carbocycles. The fraction of sp³-hybridized carbons (Fsp3) is 0.462. The van der Waals surface area contributed by atoms with E-state index >= 15 is 0 Å². The van der Waals surface area contributed by atoms with Crippen LogP contribution in [0.15, 0.2) is 24.3 Å². The first-order valence-corrected chi connectivity index (χ1v) is 7.05. The second-order valence-electron chi connectivity index (χ2n) is 4.28. The van der Waals surface area contributed by atoms with Crippen LogP contribution in [0.5, 0.6) is 0 Å². The van der Waals surface area contributed by atoms with Gasteiger partial charge in [-0.3, -0.25) is 4.79 Å². The molecule has 2 N–H and O–H groups in total. The van der Waals surface area contributed by atoms with Crippen molar-refractivity contribution >= 4 is 17.7 Å². The third-order valence-electron chi connectivity index (χ3n) is 2.96. The molecule has 1 fully saturated rings. The fourth-order valence-corrected chi connectivity index (χ4v) is 3.14. The molecule has 18 heavy (non-hydrogen) atoms. The van der Waals surface area contributed by atoms with Crippen molar-refractivity contribution in [2.45, 2.75) is 24.2 Å². The van der Waals surface area contributed by atoms with E-state index in [1.54, 1.807) is 23.9 Å². The van der Waals surface area contributed by atoms with Crippen molar-refractivity contribution in [3.05, 3.63) is 35.6 Å². The Kier molecular flexibility index (Phi) is 4.60. The zero-order chi connectivity index (χ0) is 13.0. The number of carbonyl (C=O) groups is 1. The third kappa shape index (κ3) is 3.23. The van der Waals surface area contributed by atoms with Crippen molar-refractivity contribution in [3.8, 4) is 0 Å². The van der Waals surface area contributed by atoms with E-state index in [9.17, 15) is 14.3 Å². The van der Waals surface area contributed by atoms with Crippen molar-refractivity contribution in [3.63, 3.8) is 0 Å². The normalized spacial score (nSPS) is 20.7. The number of carbonyl (C=O) groups excluding carboxylic acids is 1. The van der Waals surface area contributed by atoms with Gasteiger partial charge in [0.05, 0.1) is 11.4 Å². The van der Waals surface area contributed by atoms with Crippen molar-refractivity contribution in [2.24, 2.45) is 0 Å². The molecule has 2 unspecified atom stereocenters. The van der Waals surface area contributed by atoms with Crippen LogP contribution in [0.2, 0.25) is 0 Å². The van der Waals surface area contributed by atoms with Crippen LogP contribution < -0.4 is 5.32 Å². The summed E-state index contributed by atoms with van der Waals surface area (Å²) in [7, 11) is 0. The van der Waals surface area contributed by atoms with Crippen LogP contribution in [0.1, 0.15) is 24.5 Å². The van der Waals surface area contributed by atoms with Crippen LogP contribution in [0.25, 0.3) is 0 Å². The minimum Gasteiger partial charge on any atom is -0.386 e. The molecule has 1 amide bonds. The number of halogens is 1. The Labute approximate surface area is 110 Å². The quantitative estimate of drug-likeness (QED) is 0.877. The fourth-order valence-electron chi connectivity index (χ4n) is 1.95. The molecule has 0 aromatic heterocycles. The van der Waals surface area contributed by atoms with Gasteiger partial charge in [-0.2, -0.15) is 0 Å². The molecule has 1 aromatic rings. The molecule has 5 heteroatoms. The molecule has 98 valence electrons. The van der Waals surface area contributed by atoms with Gasteiger partial charge in [-0.25, -0.2) is 4.39 Å². The summed E-state index contributed by atoms with van der Waals surface area (Å²) >= 11 is 1.63. The number of hydrogen-bond donors (Lipinski definition) is 2. The summed E-state index contributed by atoms with van der Waals surface area (Å²) in [6, 6.07) is 6.05. The van der Waals surface area contributed by atoms with Crippen LogP contribution >= 0.6 is 11.8 Å². The Balaban J connectivity index is 1.86. The third-order valence-corrected chi connectivity index (χ3v) is 4.33. The highest BCUT2D eigenvalue weighted by Gasteiger charge is 2.24. The van der Waals surface area contributed by atoms with Gasteiger partial charge in [0.15, 0.2) is 0 Å². The van der Waals surface area contributed by atoms with Crippen LogP contribution in [0, 0.1) is 5.82 Å². The minimum atomic E-state index is -0.999. The summed E-state index contributed by atoms with van der Waals surface area (Å²) < 4.78 is 13.4. The van der Waals surface area contributed by atoms with E-state index in [4.69, 9.17) is 0 Å². The standard InChI is InChI=1S/C13H16FNO2S/c14-10-5-2-1-4-9(10)11(16)8-15-13(17)12-6-3-7-18-12/h1-2,4-5,11-12,16H,3,6-8H2,(H,15,17). The van der Waals surface area contributed by atoms with E-state index in [-0.39, 0.29) is 23.3 Å². The summed E-state index contributed by atoms with van der Waals surface area (Å²) in [5.41, 5.74) is 0.219. The Morgan fingerprint density at radius 2 is 2.33 bits per heavy atom. The molecule has 2 rings (SSSR count). The summed E-state index contributed by atoms with van der Waals surface area (Å²) in [4.78, 5) is 11.7. The maximum atomic E-state index is 13.4. The van der Waals surface area contributed by atoms with Gasteiger partial charge in [0, 0.05) is 12.1 Å². The van der Waals surface area contributed by atoms with Crippen LogP contribution in [-0.2, 0) is 4.79 Å². The molecular weight excluding hydrogens is 253 g/mol. The van der Waals surface area contributed by atoms with Gasteiger partial charge in [0.1, 0.15) is 5.82 Å². The Morgan fingerprint density at radius 1 is 1.56 bits per heavy atom. The van der Waals surface area contributed by atoms with E-state index in [1.807, 2.05) is 0 Å². The second kappa shape index (κ2) is 6.20. The van der Waals surface area contributed by atoms with Crippen molar-refractivity contribution in [1.29, 1.82) is 0 Å². The smallest absolute Gasteiger partial charge is 0.233 e. The molecule has 0 saturated carbocycles. The van der Waals surface area contributed by atoms with Crippen molar-refractivity contribution in [1.82, 2.24) is 5.32 Å². The van der Waals surface area contributed by atoms with Gasteiger partial charge < -0.3 is 10.4 Å².